The van der Waals surface area contributed by atoms with Crippen molar-refractivity contribution >= 4 is 33.2 Å². The molecule has 0 aliphatic heterocycles. The van der Waals surface area contributed by atoms with Crippen LogP contribution in [0.2, 0.25) is 10.0 Å². The number of benzene rings is 2. The largest absolute Gasteiger partial charge is 0.493 e. The van der Waals surface area contributed by atoms with Gasteiger partial charge in [-0.1, -0.05) is 35.3 Å². The zero-order chi connectivity index (χ0) is 17.7. The Labute approximate surface area is 151 Å². The number of ether oxygens (including phenoxy) is 2. The highest BCUT2D eigenvalue weighted by Gasteiger charge is 2.20. The number of nitrogens with one attached hydrogen (secondary N) is 1. The van der Waals surface area contributed by atoms with E-state index in [0.29, 0.717) is 17.9 Å². The molecule has 0 saturated heterocycles. The highest BCUT2D eigenvalue weighted by molar-refractivity contribution is 7.89. The topological polar surface area (TPSA) is 64.6 Å². The molecule has 0 fully saturated rings. The maximum Gasteiger partial charge on any atom is 0.243 e. The first kappa shape index (κ1) is 18.9. The molecule has 130 valence electrons. The van der Waals surface area contributed by atoms with Crippen LogP contribution in [0.1, 0.15) is 5.56 Å². The summed E-state index contributed by atoms with van der Waals surface area (Å²) < 4.78 is 37.6. The van der Waals surface area contributed by atoms with Crippen LogP contribution in [0.3, 0.4) is 0 Å². The smallest absolute Gasteiger partial charge is 0.243 e. The van der Waals surface area contributed by atoms with E-state index in [1.54, 1.807) is 32.4 Å². The summed E-state index contributed by atoms with van der Waals surface area (Å²) in [6, 6.07) is 9.97. The third kappa shape index (κ3) is 4.33. The highest BCUT2D eigenvalue weighted by Crippen LogP contribution is 2.29. The van der Waals surface area contributed by atoms with E-state index in [0.717, 1.165) is 5.56 Å². The molecule has 0 aromatic heterocycles. The highest BCUT2D eigenvalue weighted by atomic mass is 35.5. The molecule has 0 aliphatic carbocycles. The fourth-order valence-electron chi connectivity index (χ4n) is 2.18. The van der Waals surface area contributed by atoms with E-state index >= 15 is 0 Å². The Balaban J connectivity index is 2.09. The predicted octanol–water partition coefficient (Wildman–Crippen LogP) is 3.53. The van der Waals surface area contributed by atoms with Crippen LogP contribution in [0.5, 0.6) is 11.5 Å². The number of hydrogen-bond donors (Lipinski definition) is 1. The van der Waals surface area contributed by atoms with E-state index < -0.39 is 10.0 Å². The molecule has 0 aliphatic rings. The first-order valence-corrected chi connectivity index (χ1v) is 9.27. The second kappa shape index (κ2) is 8.07. The lowest BCUT2D eigenvalue weighted by atomic mass is 10.1. The van der Waals surface area contributed by atoms with Gasteiger partial charge in [0.1, 0.15) is 4.90 Å². The van der Waals surface area contributed by atoms with Crippen molar-refractivity contribution in [2.45, 2.75) is 11.3 Å². The number of methoxy groups -OCH3 is 2. The minimum Gasteiger partial charge on any atom is -0.493 e. The van der Waals surface area contributed by atoms with Crippen LogP contribution >= 0.6 is 23.2 Å². The summed E-state index contributed by atoms with van der Waals surface area (Å²) in [5.74, 6) is 1.21. The van der Waals surface area contributed by atoms with Gasteiger partial charge in [0.2, 0.25) is 10.0 Å². The summed E-state index contributed by atoms with van der Waals surface area (Å²) in [7, 11) is -0.690. The van der Waals surface area contributed by atoms with Crippen LogP contribution < -0.4 is 14.2 Å². The molecule has 0 spiro atoms. The third-order valence-electron chi connectivity index (χ3n) is 3.34. The Bertz CT molecular complexity index is 805. The first-order chi connectivity index (χ1) is 11.4. The maximum atomic E-state index is 12.4. The Morgan fingerprint density at radius 1 is 1.00 bits per heavy atom. The van der Waals surface area contributed by atoms with Crippen LogP contribution in [0.15, 0.2) is 41.3 Å². The van der Waals surface area contributed by atoms with E-state index in [-0.39, 0.29) is 21.5 Å². The molecule has 0 amide bonds. The number of sulfonamides is 1. The minimum atomic E-state index is -3.79. The van der Waals surface area contributed by atoms with Crippen molar-refractivity contribution in [1.29, 1.82) is 0 Å². The number of halogens is 2. The minimum absolute atomic E-state index is 0.0844. The van der Waals surface area contributed by atoms with Crippen LogP contribution in [-0.2, 0) is 16.4 Å². The van der Waals surface area contributed by atoms with Gasteiger partial charge in [0.25, 0.3) is 0 Å². The predicted molar refractivity (Wildman–Crippen MR) is 94.9 cm³/mol. The van der Waals surface area contributed by atoms with Gasteiger partial charge in [0, 0.05) is 6.54 Å². The molecular weight excluding hydrogens is 373 g/mol. The molecule has 1 N–H and O–H groups in total. The molecule has 0 saturated carbocycles. The van der Waals surface area contributed by atoms with Crippen LogP contribution in [-0.4, -0.2) is 29.2 Å². The van der Waals surface area contributed by atoms with Gasteiger partial charge < -0.3 is 9.47 Å². The van der Waals surface area contributed by atoms with Gasteiger partial charge in [-0.05, 0) is 36.2 Å². The fourth-order valence-corrected chi connectivity index (χ4v) is 4.35. The average Bonchev–Trinajstić information content (AvgIpc) is 2.54. The Morgan fingerprint density at radius 2 is 1.62 bits per heavy atom. The maximum absolute atomic E-state index is 12.4. The zero-order valence-electron chi connectivity index (χ0n) is 13.2. The van der Waals surface area contributed by atoms with E-state index in [9.17, 15) is 8.42 Å². The molecule has 0 heterocycles. The molecule has 0 unspecified atom stereocenters. The van der Waals surface area contributed by atoms with Gasteiger partial charge in [0.15, 0.2) is 11.5 Å². The van der Waals surface area contributed by atoms with Gasteiger partial charge in [-0.2, -0.15) is 0 Å². The lowest BCUT2D eigenvalue weighted by Crippen LogP contribution is -2.26. The van der Waals surface area contributed by atoms with Crippen molar-refractivity contribution in [1.82, 2.24) is 4.72 Å². The van der Waals surface area contributed by atoms with Gasteiger partial charge in [0.05, 0.1) is 24.3 Å². The van der Waals surface area contributed by atoms with Crippen molar-refractivity contribution in [3.8, 4) is 11.5 Å². The molecule has 2 aromatic carbocycles. The molecule has 2 aromatic rings. The normalized spacial score (nSPS) is 11.3. The summed E-state index contributed by atoms with van der Waals surface area (Å²) in [4.78, 5) is -0.111. The molecule has 24 heavy (non-hydrogen) atoms. The summed E-state index contributed by atoms with van der Waals surface area (Å²) in [6.45, 7) is 0.194. The lowest BCUT2D eigenvalue weighted by molar-refractivity contribution is 0.354. The zero-order valence-corrected chi connectivity index (χ0v) is 15.5. The lowest BCUT2D eigenvalue weighted by Gasteiger charge is -2.11. The first-order valence-electron chi connectivity index (χ1n) is 7.03. The van der Waals surface area contributed by atoms with Crippen molar-refractivity contribution in [3.63, 3.8) is 0 Å². The standard InChI is InChI=1S/C16H17Cl2NO4S/c1-22-14-7-6-11(10-15(14)23-2)8-9-19-24(20,21)16-12(17)4-3-5-13(16)18/h3-7,10,19H,8-9H2,1-2H3. The molecule has 0 atom stereocenters. The SMILES string of the molecule is COc1ccc(CCNS(=O)(=O)c2c(Cl)cccc2Cl)cc1OC. The number of rotatable bonds is 7. The summed E-state index contributed by atoms with van der Waals surface area (Å²) in [5, 5.41) is 0.169. The molecule has 8 heteroatoms. The molecular formula is C16H17Cl2NO4S. The van der Waals surface area contributed by atoms with Crippen molar-refractivity contribution in [3.05, 3.63) is 52.0 Å². The summed E-state index contributed by atoms with van der Waals surface area (Å²) in [6.07, 6.45) is 0.474. The van der Waals surface area contributed by atoms with Crippen molar-refractivity contribution in [2.24, 2.45) is 0 Å². The monoisotopic (exact) mass is 389 g/mol. The van der Waals surface area contributed by atoms with Gasteiger partial charge in [-0.15, -0.1) is 0 Å². The fraction of sp³-hybridized carbons (Fsp3) is 0.250. The Morgan fingerprint density at radius 3 is 2.21 bits per heavy atom. The summed E-state index contributed by atoms with van der Waals surface area (Å²) >= 11 is 11.9. The van der Waals surface area contributed by atoms with Gasteiger partial charge in [-0.25, -0.2) is 13.1 Å². The van der Waals surface area contributed by atoms with E-state index in [4.69, 9.17) is 32.7 Å². The van der Waals surface area contributed by atoms with Crippen molar-refractivity contribution < 1.29 is 17.9 Å². The van der Waals surface area contributed by atoms with E-state index in [1.165, 1.54) is 12.1 Å². The molecule has 2 rings (SSSR count). The molecule has 0 bridgehead atoms. The quantitative estimate of drug-likeness (QED) is 0.786. The van der Waals surface area contributed by atoms with Gasteiger partial charge in [-0.3, -0.25) is 0 Å². The molecule has 5 nitrogen and oxygen atoms in total. The average molecular weight is 390 g/mol. The second-order valence-corrected chi connectivity index (χ2v) is 7.41. The second-order valence-electron chi connectivity index (χ2n) is 4.89. The Kier molecular flexibility index (Phi) is 6.34. The Hall–Kier alpha value is -1.47. The number of hydrogen-bond acceptors (Lipinski definition) is 4. The molecule has 0 radical (unpaired) electrons. The van der Waals surface area contributed by atoms with Crippen molar-refractivity contribution in [2.75, 3.05) is 20.8 Å². The van der Waals surface area contributed by atoms with Gasteiger partial charge >= 0.3 is 0 Å². The van der Waals surface area contributed by atoms with Crippen LogP contribution in [0.4, 0.5) is 0 Å². The van der Waals surface area contributed by atoms with Crippen LogP contribution in [0, 0.1) is 0 Å². The van der Waals surface area contributed by atoms with Crippen LogP contribution in [0.25, 0.3) is 0 Å². The van der Waals surface area contributed by atoms with E-state index in [2.05, 4.69) is 4.72 Å². The summed E-state index contributed by atoms with van der Waals surface area (Å²) in [5.41, 5.74) is 0.903. The van der Waals surface area contributed by atoms with E-state index in [1.807, 2.05) is 6.07 Å². The third-order valence-corrected chi connectivity index (χ3v) is 5.76.